The number of likely N-dealkylation sites (tertiary alicyclic amines) is 1. The molecule has 1 amide bonds. The third kappa shape index (κ3) is 3.39. The molecule has 3 aromatic heterocycles. The Morgan fingerprint density at radius 2 is 2.14 bits per heavy atom. The first-order valence-corrected chi connectivity index (χ1v) is 11.3. The topological polar surface area (TPSA) is 66.6 Å². The van der Waals surface area contributed by atoms with Gasteiger partial charge in [0.15, 0.2) is 10.7 Å². The van der Waals surface area contributed by atoms with E-state index in [1.54, 1.807) is 6.20 Å². The van der Waals surface area contributed by atoms with Gasteiger partial charge >= 0.3 is 0 Å². The number of aromatic nitrogens is 4. The van der Waals surface area contributed by atoms with Gasteiger partial charge in [-0.1, -0.05) is 6.92 Å². The van der Waals surface area contributed by atoms with Crippen molar-refractivity contribution < 1.29 is 4.79 Å². The van der Waals surface area contributed by atoms with Crippen molar-refractivity contribution in [3.05, 3.63) is 40.1 Å². The van der Waals surface area contributed by atoms with E-state index in [1.165, 1.54) is 17.8 Å². The molecule has 0 N–H and O–H groups in total. The first-order valence-electron chi connectivity index (χ1n) is 10.4. The van der Waals surface area contributed by atoms with E-state index in [2.05, 4.69) is 36.0 Å². The molecule has 2 atom stereocenters. The molecule has 0 bridgehead atoms. The summed E-state index contributed by atoms with van der Waals surface area (Å²) >= 11 is 1.40. The molecule has 0 unspecified atom stereocenters. The molecule has 5 rings (SSSR count). The van der Waals surface area contributed by atoms with Crippen molar-refractivity contribution in [1.82, 2.24) is 24.5 Å². The van der Waals surface area contributed by atoms with E-state index in [0.717, 1.165) is 61.6 Å². The molecule has 152 valence electrons. The highest BCUT2D eigenvalue weighted by molar-refractivity contribution is 7.11. The summed E-state index contributed by atoms with van der Waals surface area (Å²) in [5.41, 5.74) is 2.92. The van der Waals surface area contributed by atoms with Gasteiger partial charge in [0.05, 0.1) is 11.7 Å². The second-order valence-electron chi connectivity index (χ2n) is 8.31. The third-order valence-corrected chi connectivity index (χ3v) is 6.83. The summed E-state index contributed by atoms with van der Waals surface area (Å²) in [4.78, 5) is 26.5. The number of nitrogens with zero attached hydrogens (tertiary/aromatic N) is 6. The van der Waals surface area contributed by atoms with Crippen molar-refractivity contribution in [2.24, 2.45) is 5.92 Å². The molecular formula is C21H26N6OS. The average molecular weight is 411 g/mol. The molecule has 0 aromatic carbocycles. The fourth-order valence-corrected chi connectivity index (χ4v) is 5.15. The maximum absolute atomic E-state index is 13.0. The normalized spacial score (nSPS) is 22.6. The van der Waals surface area contributed by atoms with Gasteiger partial charge in [0.1, 0.15) is 5.82 Å². The van der Waals surface area contributed by atoms with Crippen LogP contribution in [0.1, 0.15) is 59.7 Å². The molecule has 0 aliphatic carbocycles. The predicted octanol–water partition coefficient (Wildman–Crippen LogP) is 3.71. The second-order valence-corrected chi connectivity index (χ2v) is 9.20. The maximum Gasteiger partial charge on any atom is 0.283 e. The van der Waals surface area contributed by atoms with Gasteiger partial charge in [0.2, 0.25) is 0 Å². The highest BCUT2D eigenvalue weighted by Crippen LogP contribution is 2.33. The monoisotopic (exact) mass is 410 g/mol. The number of carbonyl (C=O) groups is 1. The van der Waals surface area contributed by atoms with Crippen LogP contribution in [0, 0.1) is 12.8 Å². The van der Waals surface area contributed by atoms with Crippen molar-refractivity contribution in [3.63, 3.8) is 0 Å². The van der Waals surface area contributed by atoms with E-state index in [4.69, 9.17) is 10.1 Å². The van der Waals surface area contributed by atoms with Gasteiger partial charge in [0.25, 0.3) is 5.91 Å². The van der Waals surface area contributed by atoms with Gasteiger partial charge in [-0.25, -0.2) is 14.5 Å². The minimum absolute atomic E-state index is 0.0117. The Bertz CT molecular complexity index is 1030. The number of amides is 1. The van der Waals surface area contributed by atoms with E-state index in [9.17, 15) is 4.79 Å². The van der Waals surface area contributed by atoms with Gasteiger partial charge in [0, 0.05) is 49.0 Å². The van der Waals surface area contributed by atoms with Crippen molar-refractivity contribution in [2.45, 2.75) is 45.6 Å². The lowest BCUT2D eigenvalue weighted by molar-refractivity contribution is 0.0605. The number of fused-ring (bicyclic) bond motifs is 1. The molecule has 2 saturated heterocycles. The summed E-state index contributed by atoms with van der Waals surface area (Å²) < 4.78 is 1.87. The smallest absolute Gasteiger partial charge is 0.283 e. The molecule has 2 fully saturated rings. The SMILES string of the molecule is Cc1cn2nc([C@@H]3CCCCN3C(=O)c3nccs3)cc2nc1N1CC[C@H](C)C1. The zero-order chi connectivity index (χ0) is 20.0. The van der Waals surface area contributed by atoms with Crippen LogP contribution in [0.15, 0.2) is 23.8 Å². The molecule has 0 radical (unpaired) electrons. The zero-order valence-corrected chi connectivity index (χ0v) is 17.7. The summed E-state index contributed by atoms with van der Waals surface area (Å²) in [7, 11) is 0. The van der Waals surface area contributed by atoms with Crippen LogP contribution in [-0.2, 0) is 0 Å². The van der Waals surface area contributed by atoms with Crippen molar-refractivity contribution in [2.75, 3.05) is 24.5 Å². The summed E-state index contributed by atoms with van der Waals surface area (Å²) in [5, 5.41) is 7.23. The van der Waals surface area contributed by atoms with Crippen LogP contribution in [0.2, 0.25) is 0 Å². The minimum atomic E-state index is -0.0163. The fourth-order valence-electron chi connectivity index (χ4n) is 4.56. The largest absolute Gasteiger partial charge is 0.356 e. The lowest BCUT2D eigenvalue weighted by atomic mass is 9.99. The molecule has 0 saturated carbocycles. The number of aryl methyl sites for hydroxylation is 1. The van der Waals surface area contributed by atoms with Crippen LogP contribution in [0.3, 0.4) is 0 Å². The van der Waals surface area contributed by atoms with Crippen LogP contribution in [0.5, 0.6) is 0 Å². The van der Waals surface area contributed by atoms with Crippen molar-refractivity contribution in [1.29, 1.82) is 0 Å². The van der Waals surface area contributed by atoms with Crippen LogP contribution < -0.4 is 4.90 Å². The Morgan fingerprint density at radius 3 is 2.90 bits per heavy atom. The zero-order valence-electron chi connectivity index (χ0n) is 16.9. The van der Waals surface area contributed by atoms with Crippen LogP contribution in [0.25, 0.3) is 5.65 Å². The number of hydrogen-bond acceptors (Lipinski definition) is 6. The van der Waals surface area contributed by atoms with E-state index in [0.29, 0.717) is 10.9 Å². The number of anilines is 1. The molecule has 2 aliphatic rings. The van der Waals surface area contributed by atoms with Crippen molar-refractivity contribution in [3.8, 4) is 0 Å². The summed E-state index contributed by atoms with van der Waals surface area (Å²) in [6, 6.07) is 2.04. The van der Waals surface area contributed by atoms with Gasteiger partial charge in [-0.05, 0) is 38.5 Å². The van der Waals surface area contributed by atoms with Gasteiger partial charge in [-0.2, -0.15) is 5.10 Å². The first kappa shape index (κ1) is 18.5. The standard InChI is InChI=1S/C21H26N6OS/c1-14-6-9-25(12-14)19-15(2)13-27-18(23-19)11-16(24-27)17-5-3-4-8-26(17)21(28)20-22-7-10-29-20/h7,10-11,13-14,17H,3-6,8-9,12H2,1-2H3/t14-,17-/m0/s1. The summed E-state index contributed by atoms with van der Waals surface area (Å²) in [6.45, 7) is 7.27. The first-order chi connectivity index (χ1) is 14.1. The molecular weight excluding hydrogens is 384 g/mol. The molecule has 0 spiro atoms. The van der Waals surface area contributed by atoms with Crippen LogP contribution in [-0.4, -0.2) is 50.0 Å². The van der Waals surface area contributed by atoms with Crippen LogP contribution in [0.4, 0.5) is 5.82 Å². The highest BCUT2D eigenvalue weighted by Gasteiger charge is 2.32. The molecule has 3 aromatic rings. The lowest BCUT2D eigenvalue weighted by Crippen LogP contribution is -2.38. The minimum Gasteiger partial charge on any atom is -0.356 e. The Kier molecular flexibility index (Phi) is 4.73. The number of piperidine rings is 1. The van der Waals surface area contributed by atoms with E-state index >= 15 is 0 Å². The molecule has 29 heavy (non-hydrogen) atoms. The summed E-state index contributed by atoms with van der Waals surface area (Å²) in [5.74, 6) is 1.78. The molecule has 5 heterocycles. The van der Waals surface area contributed by atoms with E-state index in [1.807, 2.05) is 14.8 Å². The Balaban J connectivity index is 1.48. The van der Waals surface area contributed by atoms with E-state index < -0.39 is 0 Å². The van der Waals surface area contributed by atoms with Crippen LogP contribution >= 0.6 is 11.3 Å². The Morgan fingerprint density at radius 1 is 1.24 bits per heavy atom. The number of carbonyl (C=O) groups excluding carboxylic acids is 1. The van der Waals surface area contributed by atoms with Gasteiger partial charge in [-0.15, -0.1) is 11.3 Å². The molecule has 8 heteroatoms. The summed E-state index contributed by atoms with van der Waals surface area (Å²) in [6.07, 6.45) is 8.03. The molecule has 2 aliphatic heterocycles. The van der Waals surface area contributed by atoms with Gasteiger partial charge in [-0.3, -0.25) is 4.79 Å². The number of hydrogen-bond donors (Lipinski definition) is 0. The van der Waals surface area contributed by atoms with E-state index in [-0.39, 0.29) is 11.9 Å². The predicted molar refractivity (Wildman–Crippen MR) is 113 cm³/mol. The quantitative estimate of drug-likeness (QED) is 0.659. The molecule has 7 nitrogen and oxygen atoms in total. The Labute approximate surface area is 174 Å². The van der Waals surface area contributed by atoms with Crippen molar-refractivity contribution >= 4 is 28.7 Å². The van der Waals surface area contributed by atoms with Gasteiger partial charge < -0.3 is 9.80 Å². The number of rotatable bonds is 3. The Hall–Kier alpha value is -2.48. The highest BCUT2D eigenvalue weighted by atomic mass is 32.1. The third-order valence-electron chi connectivity index (χ3n) is 6.07. The maximum atomic E-state index is 13.0. The fraction of sp³-hybridized carbons (Fsp3) is 0.524. The second kappa shape index (κ2) is 7.40. The lowest BCUT2D eigenvalue weighted by Gasteiger charge is -2.34. The average Bonchev–Trinajstić information content (AvgIpc) is 3.47. The number of thiazole rings is 1.